The number of carbonyl (C=O) groups excluding carboxylic acids is 1. The zero-order chi connectivity index (χ0) is 21.4. The van der Waals surface area contributed by atoms with Crippen LogP contribution in [0.25, 0.3) is 22.4 Å². The Hall–Kier alpha value is -4.08. The highest BCUT2D eigenvalue weighted by Gasteiger charge is 2.22. The van der Waals surface area contributed by atoms with E-state index in [0.29, 0.717) is 5.69 Å². The third-order valence-corrected chi connectivity index (χ3v) is 4.96. The van der Waals surface area contributed by atoms with E-state index >= 15 is 0 Å². The van der Waals surface area contributed by atoms with Gasteiger partial charge in [0.15, 0.2) is 17.0 Å². The molecule has 0 fully saturated rings. The van der Waals surface area contributed by atoms with Gasteiger partial charge < -0.3 is 9.88 Å². The first-order valence-electron chi connectivity index (χ1n) is 9.21. The fourth-order valence-corrected chi connectivity index (χ4v) is 3.18. The topological polar surface area (TPSA) is 117 Å². The van der Waals surface area contributed by atoms with Crippen LogP contribution in [0.4, 0.5) is 5.82 Å². The number of fused-ring (bicyclic) bond motifs is 1. The Kier molecular flexibility index (Phi) is 4.74. The number of benzene rings is 1. The Morgan fingerprint density at radius 3 is 2.40 bits per heavy atom. The molecule has 10 nitrogen and oxygen atoms in total. The lowest BCUT2D eigenvalue weighted by molar-refractivity contribution is -0.118. The predicted molar refractivity (Wildman–Crippen MR) is 111 cm³/mol. The first kappa shape index (κ1) is 19.2. The number of amides is 1. The Balaban J connectivity index is 1.60. The quantitative estimate of drug-likeness (QED) is 0.543. The number of nitrogens with zero attached hydrogens (tertiary/aromatic N) is 6. The summed E-state index contributed by atoms with van der Waals surface area (Å²) in [6.07, 6.45) is 1.37. The summed E-state index contributed by atoms with van der Waals surface area (Å²) < 4.78 is 3.70. The molecule has 3 heterocycles. The second-order valence-electron chi connectivity index (χ2n) is 6.86. The van der Waals surface area contributed by atoms with Crippen molar-refractivity contribution in [3.05, 3.63) is 69.6 Å². The van der Waals surface area contributed by atoms with Gasteiger partial charge in [-0.05, 0) is 19.1 Å². The summed E-state index contributed by atoms with van der Waals surface area (Å²) in [5.74, 6) is -0.108. The van der Waals surface area contributed by atoms with Crippen LogP contribution in [-0.2, 0) is 18.9 Å². The van der Waals surface area contributed by atoms with E-state index in [9.17, 15) is 14.4 Å². The predicted octanol–water partition coefficient (Wildman–Crippen LogP) is 1.09. The highest BCUT2D eigenvalue weighted by Crippen LogP contribution is 2.18. The lowest BCUT2D eigenvalue weighted by atomic mass is 10.1. The molecule has 0 aliphatic rings. The summed E-state index contributed by atoms with van der Waals surface area (Å²) in [7, 11) is 2.91. The SMILES string of the molecule is C[C@@H](C(=O)Nc1ccc(-c2ccccc2)nn1)n1cnc2c1c(=O)n(C)c(=O)n2C. The van der Waals surface area contributed by atoms with Crippen LogP contribution in [0.2, 0.25) is 0 Å². The fourth-order valence-electron chi connectivity index (χ4n) is 3.18. The van der Waals surface area contributed by atoms with Crippen LogP contribution in [0.3, 0.4) is 0 Å². The number of aryl methyl sites for hydroxylation is 1. The number of imidazole rings is 1. The van der Waals surface area contributed by atoms with Crippen molar-refractivity contribution >= 4 is 22.9 Å². The molecule has 10 heteroatoms. The van der Waals surface area contributed by atoms with Gasteiger partial charge in [-0.15, -0.1) is 10.2 Å². The van der Waals surface area contributed by atoms with Crippen LogP contribution in [0.1, 0.15) is 13.0 Å². The molecular weight excluding hydrogens is 386 g/mol. The number of aromatic nitrogens is 6. The molecule has 1 atom stereocenters. The van der Waals surface area contributed by atoms with Crippen LogP contribution >= 0.6 is 0 Å². The van der Waals surface area contributed by atoms with Gasteiger partial charge in [0.1, 0.15) is 6.04 Å². The van der Waals surface area contributed by atoms with Gasteiger partial charge in [-0.2, -0.15) is 0 Å². The van der Waals surface area contributed by atoms with E-state index in [1.165, 1.54) is 29.6 Å². The zero-order valence-corrected chi connectivity index (χ0v) is 16.6. The molecule has 0 aliphatic heterocycles. The first-order chi connectivity index (χ1) is 14.4. The number of anilines is 1. The van der Waals surface area contributed by atoms with Crippen LogP contribution < -0.4 is 16.6 Å². The first-order valence-corrected chi connectivity index (χ1v) is 9.21. The van der Waals surface area contributed by atoms with Gasteiger partial charge in [-0.3, -0.25) is 18.7 Å². The number of hydrogen-bond acceptors (Lipinski definition) is 6. The normalized spacial score (nSPS) is 12.1. The van der Waals surface area contributed by atoms with E-state index in [4.69, 9.17) is 0 Å². The smallest absolute Gasteiger partial charge is 0.312 e. The van der Waals surface area contributed by atoms with E-state index in [0.717, 1.165) is 10.1 Å². The molecule has 0 bridgehead atoms. The van der Waals surface area contributed by atoms with E-state index in [1.807, 2.05) is 30.3 Å². The molecule has 0 aliphatic carbocycles. The van der Waals surface area contributed by atoms with Crippen LogP contribution in [0.5, 0.6) is 0 Å². The molecule has 0 radical (unpaired) electrons. The molecule has 0 saturated heterocycles. The molecule has 0 saturated carbocycles. The van der Waals surface area contributed by atoms with Crippen LogP contribution in [0, 0.1) is 0 Å². The molecule has 0 spiro atoms. The Bertz CT molecular complexity index is 1350. The van der Waals surface area contributed by atoms with E-state index in [1.54, 1.807) is 19.1 Å². The van der Waals surface area contributed by atoms with Gasteiger partial charge >= 0.3 is 5.69 Å². The standard InChI is InChI=1S/C20H19N7O3/c1-12(27-11-21-17-16(27)19(29)26(3)20(30)25(17)2)18(28)22-15-10-9-14(23-24-15)13-7-5-4-6-8-13/h4-12H,1-3H3,(H,22,24,28)/t12-/m0/s1. The lowest BCUT2D eigenvalue weighted by Gasteiger charge is -2.14. The Labute approximate surface area is 170 Å². The molecular formula is C20H19N7O3. The highest BCUT2D eigenvalue weighted by molar-refractivity contribution is 5.93. The summed E-state index contributed by atoms with van der Waals surface area (Å²) in [4.78, 5) is 41.5. The molecule has 3 aromatic heterocycles. The van der Waals surface area contributed by atoms with E-state index in [2.05, 4.69) is 20.5 Å². The molecule has 4 aromatic rings. The second kappa shape index (κ2) is 7.39. The van der Waals surface area contributed by atoms with Crippen LogP contribution in [0.15, 0.2) is 58.4 Å². The van der Waals surface area contributed by atoms with Gasteiger partial charge in [-0.25, -0.2) is 9.78 Å². The van der Waals surface area contributed by atoms with Gasteiger partial charge in [0, 0.05) is 19.7 Å². The van der Waals surface area contributed by atoms with Crippen molar-refractivity contribution in [2.24, 2.45) is 14.1 Å². The largest absolute Gasteiger partial charge is 0.332 e. The van der Waals surface area contributed by atoms with Gasteiger partial charge in [0.2, 0.25) is 5.91 Å². The maximum atomic E-state index is 12.8. The average Bonchev–Trinajstić information content (AvgIpc) is 3.22. The zero-order valence-electron chi connectivity index (χ0n) is 16.6. The molecule has 1 N–H and O–H groups in total. The second-order valence-corrected chi connectivity index (χ2v) is 6.86. The minimum absolute atomic E-state index is 0.174. The Morgan fingerprint density at radius 1 is 1.00 bits per heavy atom. The monoisotopic (exact) mass is 405 g/mol. The fraction of sp³-hybridized carbons (Fsp3) is 0.200. The molecule has 0 unspecified atom stereocenters. The van der Waals surface area contributed by atoms with Gasteiger partial charge in [0.05, 0.1) is 12.0 Å². The average molecular weight is 405 g/mol. The summed E-state index contributed by atoms with van der Waals surface area (Å²) in [6.45, 7) is 1.63. The number of nitrogens with one attached hydrogen (secondary N) is 1. The molecule has 30 heavy (non-hydrogen) atoms. The summed E-state index contributed by atoms with van der Waals surface area (Å²) in [6, 6.07) is 12.2. The maximum Gasteiger partial charge on any atom is 0.332 e. The minimum atomic E-state index is -0.768. The van der Waals surface area contributed by atoms with Crippen molar-refractivity contribution in [2.75, 3.05) is 5.32 Å². The van der Waals surface area contributed by atoms with E-state index in [-0.39, 0.29) is 17.0 Å². The number of carbonyl (C=O) groups is 1. The van der Waals surface area contributed by atoms with Crippen molar-refractivity contribution in [3.63, 3.8) is 0 Å². The molecule has 1 amide bonds. The lowest BCUT2D eigenvalue weighted by Crippen LogP contribution is -2.38. The molecule has 152 valence electrons. The molecule has 1 aromatic carbocycles. The van der Waals surface area contributed by atoms with Gasteiger partial charge in [-0.1, -0.05) is 30.3 Å². The van der Waals surface area contributed by atoms with E-state index < -0.39 is 23.2 Å². The van der Waals surface area contributed by atoms with Crippen molar-refractivity contribution in [1.82, 2.24) is 28.9 Å². The number of rotatable bonds is 4. The summed E-state index contributed by atoms with van der Waals surface area (Å²) in [5, 5.41) is 10.9. The third kappa shape index (κ3) is 3.17. The van der Waals surface area contributed by atoms with Crippen molar-refractivity contribution < 1.29 is 4.79 Å². The highest BCUT2D eigenvalue weighted by atomic mass is 16.2. The van der Waals surface area contributed by atoms with Gasteiger partial charge in [0.25, 0.3) is 5.56 Å². The summed E-state index contributed by atoms with van der Waals surface area (Å²) >= 11 is 0. The third-order valence-electron chi connectivity index (χ3n) is 4.96. The van der Waals surface area contributed by atoms with Crippen molar-refractivity contribution in [2.45, 2.75) is 13.0 Å². The van der Waals surface area contributed by atoms with Crippen molar-refractivity contribution in [1.29, 1.82) is 0 Å². The van der Waals surface area contributed by atoms with Crippen molar-refractivity contribution in [3.8, 4) is 11.3 Å². The summed E-state index contributed by atoms with van der Waals surface area (Å²) in [5.41, 5.74) is 0.998. The maximum absolute atomic E-state index is 12.8. The molecule has 4 rings (SSSR count). The minimum Gasteiger partial charge on any atom is -0.312 e. The van der Waals surface area contributed by atoms with Crippen LogP contribution in [-0.4, -0.2) is 34.8 Å². The number of hydrogen-bond donors (Lipinski definition) is 1. The Morgan fingerprint density at radius 2 is 1.73 bits per heavy atom.